The second-order valence-corrected chi connectivity index (χ2v) is 6.21. The van der Waals surface area contributed by atoms with Gasteiger partial charge in [0.15, 0.2) is 0 Å². The highest BCUT2D eigenvalue weighted by molar-refractivity contribution is 5.29. The Kier molecular flexibility index (Phi) is 3.58. The minimum atomic E-state index is 0.433. The monoisotopic (exact) mass is 299 g/mol. The summed E-state index contributed by atoms with van der Waals surface area (Å²) in [5, 5.41) is 8.40. The van der Waals surface area contributed by atoms with Crippen LogP contribution in [0.4, 0.5) is 0 Å². The smallest absolute Gasteiger partial charge is 0.230 e. The lowest BCUT2D eigenvalue weighted by Crippen LogP contribution is -2.22. The zero-order valence-corrected chi connectivity index (χ0v) is 12.9. The van der Waals surface area contributed by atoms with Gasteiger partial charge in [-0.15, -0.1) is 10.2 Å². The van der Waals surface area contributed by atoms with Gasteiger partial charge in [0.2, 0.25) is 11.8 Å². The molecule has 1 saturated carbocycles. The number of methoxy groups -OCH3 is 1. The molecular formula is C17H21N3O2. The topological polar surface area (TPSA) is 51.4 Å². The molecule has 0 N–H and O–H groups in total. The third-order valence-electron chi connectivity index (χ3n) is 4.61. The fourth-order valence-corrected chi connectivity index (χ4v) is 3.22. The Hall–Kier alpha value is -1.88. The highest BCUT2D eigenvalue weighted by Crippen LogP contribution is 2.39. The van der Waals surface area contributed by atoms with Crippen molar-refractivity contribution < 1.29 is 9.15 Å². The second kappa shape index (κ2) is 5.72. The summed E-state index contributed by atoms with van der Waals surface area (Å²) in [4.78, 5) is 2.44. The summed E-state index contributed by atoms with van der Waals surface area (Å²) < 4.78 is 11.0. The van der Waals surface area contributed by atoms with Crippen LogP contribution in [-0.2, 0) is 6.54 Å². The summed E-state index contributed by atoms with van der Waals surface area (Å²) in [6.07, 6.45) is 4.77. The van der Waals surface area contributed by atoms with Crippen molar-refractivity contribution in [2.75, 3.05) is 13.7 Å². The number of nitrogens with zero attached hydrogens (tertiary/aromatic N) is 3. The van der Waals surface area contributed by atoms with Gasteiger partial charge in [0.1, 0.15) is 5.75 Å². The number of benzene rings is 1. The molecule has 5 nitrogen and oxygen atoms in total. The summed E-state index contributed by atoms with van der Waals surface area (Å²) in [5.74, 6) is 3.01. The Morgan fingerprint density at radius 1 is 1.18 bits per heavy atom. The van der Waals surface area contributed by atoms with Gasteiger partial charge in [0, 0.05) is 12.0 Å². The molecule has 0 radical (unpaired) electrons. The SMILES string of the molecule is COc1ccc(C2CCCN2Cc2nnc(C3CC3)o2)cc1. The first-order valence-electron chi connectivity index (χ1n) is 8.04. The summed E-state index contributed by atoms with van der Waals surface area (Å²) in [6, 6.07) is 8.81. The van der Waals surface area contributed by atoms with E-state index in [1.165, 1.54) is 31.2 Å². The van der Waals surface area contributed by atoms with Crippen LogP contribution in [0.25, 0.3) is 0 Å². The zero-order chi connectivity index (χ0) is 14.9. The first-order valence-corrected chi connectivity index (χ1v) is 8.04. The van der Waals surface area contributed by atoms with E-state index in [4.69, 9.17) is 9.15 Å². The molecule has 1 atom stereocenters. The van der Waals surface area contributed by atoms with Gasteiger partial charge in [-0.25, -0.2) is 0 Å². The highest BCUT2D eigenvalue weighted by atomic mass is 16.5. The van der Waals surface area contributed by atoms with Crippen molar-refractivity contribution in [1.29, 1.82) is 0 Å². The van der Waals surface area contributed by atoms with Crippen molar-refractivity contribution in [1.82, 2.24) is 15.1 Å². The van der Waals surface area contributed by atoms with Crippen LogP contribution in [-0.4, -0.2) is 28.8 Å². The number of aromatic nitrogens is 2. The molecule has 1 saturated heterocycles. The molecule has 22 heavy (non-hydrogen) atoms. The minimum absolute atomic E-state index is 0.433. The molecule has 5 heteroatoms. The van der Waals surface area contributed by atoms with E-state index in [0.717, 1.165) is 30.6 Å². The van der Waals surface area contributed by atoms with E-state index in [1.807, 2.05) is 12.1 Å². The van der Waals surface area contributed by atoms with Crippen molar-refractivity contribution in [3.05, 3.63) is 41.6 Å². The van der Waals surface area contributed by atoms with Crippen LogP contribution in [0.1, 0.15) is 55.0 Å². The molecule has 0 bridgehead atoms. The third kappa shape index (κ3) is 2.73. The predicted octanol–water partition coefficient (Wildman–Crippen LogP) is 3.29. The average molecular weight is 299 g/mol. The molecule has 1 aliphatic heterocycles. The van der Waals surface area contributed by atoms with Crippen LogP contribution in [0.5, 0.6) is 5.75 Å². The summed E-state index contributed by atoms with van der Waals surface area (Å²) in [5.41, 5.74) is 1.33. The van der Waals surface area contributed by atoms with Crippen LogP contribution in [0, 0.1) is 0 Å². The van der Waals surface area contributed by atoms with Gasteiger partial charge in [-0.3, -0.25) is 4.90 Å². The quantitative estimate of drug-likeness (QED) is 0.848. The molecule has 2 heterocycles. The fourth-order valence-electron chi connectivity index (χ4n) is 3.22. The van der Waals surface area contributed by atoms with Crippen LogP contribution >= 0.6 is 0 Å². The summed E-state index contributed by atoms with van der Waals surface area (Å²) in [6.45, 7) is 1.83. The van der Waals surface area contributed by atoms with Crippen LogP contribution in [0.3, 0.4) is 0 Å². The van der Waals surface area contributed by atoms with Gasteiger partial charge in [-0.2, -0.15) is 0 Å². The first kappa shape index (κ1) is 13.8. The van der Waals surface area contributed by atoms with E-state index < -0.39 is 0 Å². The molecule has 2 fully saturated rings. The highest BCUT2D eigenvalue weighted by Gasteiger charge is 2.31. The molecule has 116 valence electrons. The number of hydrogen-bond acceptors (Lipinski definition) is 5. The van der Waals surface area contributed by atoms with Crippen molar-refractivity contribution in [3.63, 3.8) is 0 Å². The Bertz CT molecular complexity index is 634. The van der Waals surface area contributed by atoms with Gasteiger partial charge in [-0.05, 0) is 49.9 Å². The van der Waals surface area contributed by atoms with Crippen molar-refractivity contribution in [2.45, 2.75) is 44.2 Å². The molecule has 0 spiro atoms. The summed E-state index contributed by atoms with van der Waals surface area (Å²) in [7, 11) is 1.70. The van der Waals surface area contributed by atoms with E-state index in [2.05, 4.69) is 27.2 Å². The Morgan fingerprint density at radius 2 is 2.00 bits per heavy atom. The maximum Gasteiger partial charge on any atom is 0.230 e. The largest absolute Gasteiger partial charge is 0.497 e. The zero-order valence-electron chi connectivity index (χ0n) is 12.9. The lowest BCUT2D eigenvalue weighted by molar-refractivity contribution is 0.221. The number of hydrogen-bond donors (Lipinski definition) is 0. The van der Waals surface area contributed by atoms with Crippen molar-refractivity contribution >= 4 is 0 Å². The van der Waals surface area contributed by atoms with Gasteiger partial charge in [-0.1, -0.05) is 12.1 Å². The Labute approximate surface area is 130 Å². The maximum absolute atomic E-state index is 5.81. The normalized spacial score (nSPS) is 22.1. The predicted molar refractivity (Wildman–Crippen MR) is 81.7 cm³/mol. The van der Waals surface area contributed by atoms with E-state index >= 15 is 0 Å². The standard InChI is InChI=1S/C17H21N3O2/c1-21-14-8-6-12(7-9-14)15-3-2-10-20(15)11-16-18-19-17(22-16)13-4-5-13/h6-9,13,15H,2-5,10-11H2,1H3. The lowest BCUT2D eigenvalue weighted by atomic mass is 10.0. The van der Waals surface area contributed by atoms with E-state index in [9.17, 15) is 0 Å². The van der Waals surface area contributed by atoms with Gasteiger partial charge in [0.25, 0.3) is 0 Å². The van der Waals surface area contributed by atoms with Gasteiger partial charge >= 0.3 is 0 Å². The Morgan fingerprint density at radius 3 is 2.73 bits per heavy atom. The third-order valence-corrected chi connectivity index (χ3v) is 4.61. The molecule has 1 aliphatic carbocycles. The van der Waals surface area contributed by atoms with E-state index in [0.29, 0.717) is 12.0 Å². The maximum atomic E-state index is 5.81. The number of likely N-dealkylation sites (tertiary alicyclic amines) is 1. The van der Waals surface area contributed by atoms with Crippen LogP contribution < -0.4 is 4.74 Å². The molecular weight excluding hydrogens is 278 g/mol. The fraction of sp³-hybridized carbons (Fsp3) is 0.529. The van der Waals surface area contributed by atoms with Crippen molar-refractivity contribution in [2.24, 2.45) is 0 Å². The van der Waals surface area contributed by atoms with Crippen LogP contribution in [0.2, 0.25) is 0 Å². The van der Waals surface area contributed by atoms with Gasteiger partial charge in [0.05, 0.1) is 13.7 Å². The Balaban J connectivity index is 1.47. The molecule has 4 rings (SSSR count). The first-order chi connectivity index (χ1) is 10.8. The molecule has 0 amide bonds. The minimum Gasteiger partial charge on any atom is -0.497 e. The summed E-state index contributed by atoms with van der Waals surface area (Å²) >= 11 is 0. The van der Waals surface area contributed by atoms with E-state index in [-0.39, 0.29) is 0 Å². The molecule has 2 aliphatic rings. The number of ether oxygens (including phenoxy) is 1. The second-order valence-electron chi connectivity index (χ2n) is 6.21. The molecule has 1 aromatic carbocycles. The average Bonchev–Trinajstić information content (AvgIpc) is 3.13. The van der Waals surface area contributed by atoms with E-state index in [1.54, 1.807) is 7.11 Å². The van der Waals surface area contributed by atoms with Crippen LogP contribution in [0.15, 0.2) is 28.7 Å². The lowest BCUT2D eigenvalue weighted by Gasteiger charge is -2.23. The molecule has 1 unspecified atom stereocenters. The van der Waals surface area contributed by atoms with Crippen molar-refractivity contribution in [3.8, 4) is 5.75 Å². The van der Waals surface area contributed by atoms with Gasteiger partial charge < -0.3 is 9.15 Å². The number of rotatable bonds is 5. The molecule has 1 aromatic heterocycles. The molecule has 2 aromatic rings.